The summed E-state index contributed by atoms with van der Waals surface area (Å²) in [6.45, 7) is 4.11. The molecule has 0 saturated carbocycles. The lowest BCUT2D eigenvalue weighted by molar-refractivity contribution is -0.139. The van der Waals surface area contributed by atoms with Crippen molar-refractivity contribution in [3.8, 4) is 0 Å². The third kappa shape index (κ3) is 5.93. The number of carbonyl (C=O) groups is 2. The molecule has 0 radical (unpaired) electrons. The molecule has 1 aromatic heterocycles. The molecule has 2 N–H and O–H groups in total. The van der Waals surface area contributed by atoms with Crippen LogP contribution in [0.2, 0.25) is 0 Å². The predicted octanol–water partition coefficient (Wildman–Crippen LogP) is 0.806. The zero-order valence-electron chi connectivity index (χ0n) is 13.5. The number of ether oxygens (including phenoxy) is 1. The van der Waals surface area contributed by atoms with Crippen LogP contribution in [0.5, 0.6) is 0 Å². The van der Waals surface area contributed by atoms with Crippen LogP contribution in [0.3, 0.4) is 0 Å². The van der Waals surface area contributed by atoms with Crippen LogP contribution in [0.25, 0.3) is 0 Å². The van der Waals surface area contributed by atoms with Gasteiger partial charge in [-0.2, -0.15) is 0 Å². The molecule has 0 atom stereocenters. The van der Waals surface area contributed by atoms with E-state index in [1.807, 2.05) is 11.3 Å². The van der Waals surface area contributed by atoms with E-state index < -0.39 is 11.8 Å². The van der Waals surface area contributed by atoms with Crippen LogP contribution in [0, 0.1) is 0 Å². The number of likely N-dealkylation sites (tertiary alicyclic amines) is 1. The minimum Gasteiger partial charge on any atom is -0.383 e. The van der Waals surface area contributed by atoms with Gasteiger partial charge < -0.3 is 20.3 Å². The number of methoxy groups -OCH3 is 1. The monoisotopic (exact) mass is 339 g/mol. The van der Waals surface area contributed by atoms with E-state index in [0.717, 1.165) is 32.5 Å². The molecule has 2 rings (SSSR count). The minimum atomic E-state index is -0.599. The lowest BCUT2D eigenvalue weighted by atomic mass is 9.95. The van der Waals surface area contributed by atoms with Gasteiger partial charge in [-0.3, -0.25) is 9.59 Å². The highest BCUT2D eigenvalue weighted by molar-refractivity contribution is 7.10. The molecule has 128 valence electrons. The summed E-state index contributed by atoms with van der Waals surface area (Å²) in [7, 11) is 1.55. The summed E-state index contributed by atoms with van der Waals surface area (Å²) in [6.07, 6.45) is 2.32. The first-order chi connectivity index (χ1) is 11.2. The summed E-state index contributed by atoms with van der Waals surface area (Å²) in [5.41, 5.74) is 0. The second-order valence-corrected chi connectivity index (χ2v) is 6.62. The van der Waals surface area contributed by atoms with E-state index in [2.05, 4.69) is 33.0 Å². The molecule has 23 heavy (non-hydrogen) atoms. The fraction of sp³-hybridized carbons (Fsp3) is 0.625. The molecule has 2 heterocycles. The molecule has 2 amide bonds. The molecule has 1 saturated heterocycles. The second-order valence-electron chi connectivity index (χ2n) is 5.64. The van der Waals surface area contributed by atoms with Crippen LogP contribution in [0.4, 0.5) is 0 Å². The highest BCUT2D eigenvalue weighted by Crippen LogP contribution is 2.30. The second kappa shape index (κ2) is 9.64. The third-order valence-electron chi connectivity index (χ3n) is 4.04. The Morgan fingerprint density at radius 2 is 1.96 bits per heavy atom. The largest absolute Gasteiger partial charge is 0.383 e. The smallest absolute Gasteiger partial charge is 0.309 e. The topological polar surface area (TPSA) is 70.7 Å². The summed E-state index contributed by atoms with van der Waals surface area (Å²) in [6, 6.07) is 4.33. The van der Waals surface area contributed by atoms with E-state index in [4.69, 9.17) is 4.74 Å². The SMILES string of the molecule is COCCNC(=O)C(=O)NCCN1CCC(c2cccs2)CC1. The van der Waals surface area contributed by atoms with Gasteiger partial charge in [-0.05, 0) is 43.3 Å². The Morgan fingerprint density at radius 1 is 1.26 bits per heavy atom. The lowest BCUT2D eigenvalue weighted by Crippen LogP contribution is -2.44. The number of hydrogen-bond donors (Lipinski definition) is 2. The maximum atomic E-state index is 11.6. The number of piperidine rings is 1. The number of rotatable bonds is 7. The number of nitrogens with zero attached hydrogens (tertiary/aromatic N) is 1. The molecule has 0 aliphatic carbocycles. The maximum Gasteiger partial charge on any atom is 0.309 e. The van der Waals surface area contributed by atoms with Gasteiger partial charge in [0.05, 0.1) is 6.61 Å². The van der Waals surface area contributed by atoms with Crippen LogP contribution in [-0.2, 0) is 14.3 Å². The molecule has 0 aromatic carbocycles. The normalized spacial score (nSPS) is 16.2. The molecule has 0 spiro atoms. The molecule has 1 fully saturated rings. The van der Waals surface area contributed by atoms with Crippen molar-refractivity contribution < 1.29 is 14.3 Å². The molecular formula is C16H25N3O3S. The molecular weight excluding hydrogens is 314 g/mol. The third-order valence-corrected chi connectivity index (χ3v) is 5.08. The van der Waals surface area contributed by atoms with Crippen molar-refractivity contribution >= 4 is 23.2 Å². The zero-order valence-corrected chi connectivity index (χ0v) is 14.4. The highest BCUT2D eigenvalue weighted by Gasteiger charge is 2.21. The van der Waals surface area contributed by atoms with E-state index in [1.54, 1.807) is 7.11 Å². The fourth-order valence-corrected chi connectivity index (χ4v) is 3.62. The summed E-state index contributed by atoms with van der Waals surface area (Å²) >= 11 is 1.83. The molecule has 7 heteroatoms. The van der Waals surface area contributed by atoms with E-state index in [1.165, 1.54) is 4.88 Å². The Labute approximate surface area is 141 Å². The summed E-state index contributed by atoms with van der Waals surface area (Å²) < 4.78 is 4.82. The first-order valence-corrected chi connectivity index (χ1v) is 8.89. The lowest BCUT2D eigenvalue weighted by Gasteiger charge is -2.31. The van der Waals surface area contributed by atoms with Crippen molar-refractivity contribution in [3.63, 3.8) is 0 Å². The Morgan fingerprint density at radius 3 is 2.57 bits per heavy atom. The predicted molar refractivity (Wildman–Crippen MR) is 90.6 cm³/mol. The number of hydrogen-bond acceptors (Lipinski definition) is 5. The van der Waals surface area contributed by atoms with Crippen LogP contribution >= 0.6 is 11.3 Å². The molecule has 6 nitrogen and oxygen atoms in total. The first kappa shape index (κ1) is 17.9. The van der Waals surface area contributed by atoms with Crippen LogP contribution < -0.4 is 10.6 Å². The molecule has 0 bridgehead atoms. The quantitative estimate of drug-likeness (QED) is 0.570. The van der Waals surface area contributed by atoms with Crippen LogP contribution in [-0.4, -0.2) is 63.2 Å². The zero-order chi connectivity index (χ0) is 16.5. The maximum absolute atomic E-state index is 11.6. The molecule has 1 aliphatic heterocycles. The van der Waals surface area contributed by atoms with E-state index >= 15 is 0 Å². The Balaban J connectivity index is 1.58. The molecule has 1 aromatic rings. The minimum absolute atomic E-state index is 0.346. The Hall–Kier alpha value is -1.44. The van der Waals surface area contributed by atoms with Gasteiger partial charge in [-0.25, -0.2) is 0 Å². The van der Waals surface area contributed by atoms with Gasteiger partial charge in [-0.1, -0.05) is 6.07 Å². The van der Waals surface area contributed by atoms with Gasteiger partial charge in [0.2, 0.25) is 0 Å². The molecule has 0 unspecified atom stereocenters. The van der Waals surface area contributed by atoms with Gasteiger partial charge in [0.25, 0.3) is 0 Å². The van der Waals surface area contributed by atoms with Crippen LogP contribution in [0.1, 0.15) is 23.6 Å². The van der Waals surface area contributed by atoms with Crippen molar-refractivity contribution in [1.82, 2.24) is 15.5 Å². The standard InChI is InChI=1S/C16H25N3O3S/c1-22-11-7-18-16(21)15(20)17-6-10-19-8-4-13(5-9-19)14-3-2-12-23-14/h2-3,12-13H,4-11H2,1H3,(H,17,20)(H,18,21). The van der Waals surface area contributed by atoms with Gasteiger partial charge in [0.15, 0.2) is 0 Å². The number of amides is 2. The molecule has 1 aliphatic rings. The van der Waals surface area contributed by atoms with Crippen molar-refractivity contribution in [2.24, 2.45) is 0 Å². The number of thiophene rings is 1. The van der Waals surface area contributed by atoms with E-state index in [-0.39, 0.29) is 0 Å². The average Bonchev–Trinajstić information content (AvgIpc) is 3.10. The number of carbonyl (C=O) groups excluding carboxylic acids is 2. The van der Waals surface area contributed by atoms with Crippen molar-refractivity contribution in [3.05, 3.63) is 22.4 Å². The number of nitrogens with one attached hydrogen (secondary N) is 2. The van der Waals surface area contributed by atoms with Gasteiger partial charge in [-0.15, -0.1) is 11.3 Å². The van der Waals surface area contributed by atoms with Gasteiger partial charge >= 0.3 is 11.8 Å². The summed E-state index contributed by atoms with van der Waals surface area (Å²) in [5, 5.41) is 7.30. The van der Waals surface area contributed by atoms with Gasteiger partial charge in [0, 0.05) is 31.6 Å². The van der Waals surface area contributed by atoms with Crippen molar-refractivity contribution in [2.45, 2.75) is 18.8 Å². The first-order valence-electron chi connectivity index (χ1n) is 8.01. The Bertz CT molecular complexity index is 485. The fourth-order valence-electron chi connectivity index (χ4n) is 2.72. The average molecular weight is 339 g/mol. The summed E-state index contributed by atoms with van der Waals surface area (Å²) in [4.78, 5) is 26.9. The Kier molecular flexibility index (Phi) is 7.51. The van der Waals surface area contributed by atoms with Gasteiger partial charge in [0.1, 0.15) is 0 Å². The van der Waals surface area contributed by atoms with E-state index in [9.17, 15) is 9.59 Å². The van der Waals surface area contributed by atoms with Crippen molar-refractivity contribution in [1.29, 1.82) is 0 Å². The van der Waals surface area contributed by atoms with Crippen molar-refractivity contribution in [2.75, 3.05) is 46.4 Å². The van der Waals surface area contributed by atoms with Crippen LogP contribution in [0.15, 0.2) is 17.5 Å². The highest BCUT2D eigenvalue weighted by atomic mass is 32.1. The van der Waals surface area contributed by atoms with E-state index in [0.29, 0.717) is 25.6 Å². The summed E-state index contributed by atoms with van der Waals surface area (Å²) in [5.74, 6) is -0.500.